The molecule has 1 N–H and O–H groups in total. The van der Waals surface area contributed by atoms with E-state index in [9.17, 15) is 13.2 Å². The lowest BCUT2D eigenvalue weighted by Gasteiger charge is -2.13. The Hall–Kier alpha value is -2.71. The maximum absolute atomic E-state index is 12.5. The van der Waals surface area contributed by atoms with Gasteiger partial charge in [-0.25, -0.2) is 17.7 Å². The van der Waals surface area contributed by atoms with Crippen molar-refractivity contribution in [1.82, 2.24) is 13.9 Å². The van der Waals surface area contributed by atoms with E-state index >= 15 is 0 Å². The van der Waals surface area contributed by atoms with Crippen LogP contribution in [0.4, 0.5) is 5.69 Å². The van der Waals surface area contributed by atoms with Crippen molar-refractivity contribution >= 4 is 32.7 Å². The molecule has 1 amide bonds. The number of hydrogen-bond donors (Lipinski definition) is 1. The van der Waals surface area contributed by atoms with Crippen molar-refractivity contribution in [3.63, 3.8) is 0 Å². The quantitative estimate of drug-likeness (QED) is 0.730. The largest absolute Gasteiger partial charge is 0.324 e. The van der Waals surface area contributed by atoms with Crippen molar-refractivity contribution in [2.45, 2.75) is 25.3 Å². The molecular formula is C19H22N4O3S. The number of amides is 1. The summed E-state index contributed by atoms with van der Waals surface area (Å²) in [6, 6.07) is 10.2. The third-order valence-corrected chi connectivity index (χ3v) is 6.26. The fourth-order valence-electron chi connectivity index (χ4n) is 2.74. The second kappa shape index (κ2) is 7.13. The van der Waals surface area contributed by atoms with E-state index in [1.807, 2.05) is 26.0 Å². The molecule has 1 aromatic heterocycles. The number of carbonyl (C=O) groups excluding carboxylic acids is 1. The van der Waals surface area contributed by atoms with E-state index in [0.29, 0.717) is 5.69 Å². The SMILES string of the molecule is Cc1cc2ncn(CC(=O)Nc3cccc(S(=O)(=O)N(C)C)c3)c2cc1C. The molecule has 0 radical (unpaired) electrons. The molecule has 0 atom stereocenters. The number of anilines is 1. The van der Waals surface area contributed by atoms with Gasteiger partial charge in [-0.2, -0.15) is 0 Å². The van der Waals surface area contributed by atoms with E-state index in [1.165, 1.54) is 26.2 Å². The van der Waals surface area contributed by atoms with Crippen molar-refractivity contribution in [2.75, 3.05) is 19.4 Å². The number of sulfonamides is 1. The Morgan fingerprint density at radius 3 is 2.56 bits per heavy atom. The fraction of sp³-hybridized carbons (Fsp3) is 0.263. The zero-order valence-corrected chi connectivity index (χ0v) is 16.5. The van der Waals surface area contributed by atoms with E-state index < -0.39 is 10.0 Å². The standard InChI is InChI=1S/C19H22N4O3S/c1-13-8-17-18(9-14(13)2)23(12-20-17)11-19(24)21-15-6-5-7-16(10-15)27(25,26)22(3)4/h5-10,12H,11H2,1-4H3,(H,21,24). The molecule has 3 aromatic rings. The van der Waals surface area contributed by atoms with Crippen molar-refractivity contribution in [3.05, 3.63) is 53.9 Å². The summed E-state index contributed by atoms with van der Waals surface area (Å²) in [5, 5.41) is 2.75. The summed E-state index contributed by atoms with van der Waals surface area (Å²) in [5.41, 5.74) is 4.43. The van der Waals surface area contributed by atoms with Gasteiger partial charge < -0.3 is 9.88 Å². The van der Waals surface area contributed by atoms with Gasteiger partial charge in [-0.05, 0) is 55.3 Å². The number of fused-ring (bicyclic) bond motifs is 1. The molecule has 0 spiro atoms. The molecular weight excluding hydrogens is 364 g/mol. The predicted molar refractivity (Wildman–Crippen MR) is 105 cm³/mol. The smallest absolute Gasteiger partial charge is 0.244 e. The predicted octanol–water partition coefficient (Wildman–Crippen LogP) is 2.54. The van der Waals surface area contributed by atoms with E-state index in [-0.39, 0.29) is 17.3 Å². The molecule has 2 aromatic carbocycles. The summed E-state index contributed by atoms with van der Waals surface area (Å²) in [4.78, 5) is 16.9. The molecule has 0 saturated heterocycles. The first-order valence-corrected chi connectivity index (χ1v) is 9.87. The minimum Gasteiger partial charge on any atom is -0.324 e. The van der Waals surface area contributed by atoms with E-state index in [4.69, 9.17) is 0 Å². The summed E-state index contributed by atoms with van der Waals surface area (Å²) in [5.74, 6) is -0.257. The van der Waals surface area contributed by atoms with E-state index in [2.05, 4.69) is 10.3 Å². The summed E-state index contributed by atoms with van der Waals surface area (Å²) in [6.45, 7) is 4.13. The van der Waals surface area contributed by atoms with Crippen LogP contribution in [0.2, 0.25) is 0 Å². The number of hydrogen-bond acceptors (Lipinski definition) is 4. The highest BCUT2D eigenvalue weighted by Crippen LogP contribution is 2.20. The Kier molecular flexibility index (Phi) is 5.03. The molecule has 0 aliphatic rings. The number of benzene rings is 2. The van der Waals surface area contributed by atoms with Crippen molar-refractivity contribution in [2.24, 2.45) is 0 Å². The third kappa shape index (κ3) is 3.86. The van der Waals surface area contributed by atoms with Crippen LogP contribution >= 0.6 is 0 Å². The first-order chi connectivity index (χ1) is 12.7. The molecule has 0 bridgehead atoms. The average molecular weight is 386 g/mol. The second-order valence-corrected chi connectivity index (χ2v) is 8.81. The number of imidazole rings is 1. The normalized spacial score (nSPS) is 11.9. The summed E-state index contributed by atoms with van der Waals surface area (Å²) in [6.07, 6.45) is 1.63. The Morgan fingerprint density at radius 1 is 1.15 bits per heavy atom. The van der Waals surface area contributed by atoms with Gasteiger partial charge in [0.2, 0.25) is 15.9 Å². The molecule has 0 fully saturated rings. The number of aromatic nitrogens is 2. The summed E-state index contributed by atoms with van der Waals surface area (Å²) < 4.78 is 27.4. The second-order valence-electron chi connectivity index (χ2n) is 6.66. The van der Waals surface area contributed by atoms with Crippen molar-refractivity contribution < 1.29 is 13.2 Å². The zero-order chi connectivity index (χ0) is 19.8. The van der Waals surface area contributed by atoms with Gasteiger partial charge in [0.05, 0.1) is 22.3 Å². The van der Waals surface area contributed by atoms with Gasteiger partial charge in [0.25, 0.3) is 0 Å². The van der Waals surface area contributed by atoms with Gasteiger partial charge in [0.15, 0.2) is 0 Å². The van der Waals surface area contributed by atoms with Crippen molar-refractivity contribution in [1.29, 1.82) is 0 Å². The number of nitrogens with one attached hydrogen (secondary N) is 1. The van der Waals surface area contributed by atoms with Gasteiger partial charge in [0.1, 0.15) is 6.54 Å². The third-order valence-electron chi connectivity index (χ3n) is 4.45. The molecule has 142 valence electrons. The van der Waals surface area contributed by atoms with Crippen molar-refractivity contribution in [3.8, 4) is 0 Å². The molecule has 0 unspecified atom stereocenters. The number of aryl methyl sites for hydroxylation is 2. The highest BCUT2D eigenvalue weighted by Gasteiger charge is 2.17. The fourth-order valence-corrected chi connectivity index (χ4v) is 3.69. The van der Waals surface area contributed by atoms with Crippen LogP contribution in [0.3, 0.4) is 0 Å². The molecule has 0 aliphatic carbocycles. The van der Waals surface area contributed by atoms with E-state index in [1.54, 1.807) is 23.0 Å². The van der Waals surface area contributed by atoms with Crippen LogP contribution < -0.4 is 5.32 Å². The molecule has 0 aliphatic heterocycles. The van der Waals surface area contributed by atoms with Gasteiger partial charge in [0, 0.05) is 19.8 Å². The van der Waals surface area contributed by atoms with Crippen LogP contribution in [-0.2, 0) is 21.4 Å². The summed E-state index contributed by atoms with van der Waals surface area (Å²) in [7, 11) is -0.623. The lowest BCUT2D eigenvalue weighted by molar-refractivity contribution is -0.116. The lowest BCUT2D eigenvalue weighted by atomic mass is 10.1. The Balaban J connectivity index is 1.80. The van der Waals surface area contributed by atoms with E-state index in [0.717, 1.165) is 26.5 Å². The highest BCUT2D eigenvalue weighted by atomic mass is 32.2. The zero-order valence-electron chi connectivity index (χ0n) is 15.7. The minimum atomic E-state index is -3.56. The Morgan fingerprint density at radius 2 is 1.85 bits per heavy atom. The first kappa shape index (κ1) is 19.1. The van der Waals surface area contributed by atoms with Gasteiger partial charge in [-0.1, -0.05) is 6.07 Å². The molecule has 1 heterocycles. The van der Waals surface area contributed by atoms with Crippen LogP contribution in [0.15, 0.2) is 47.6 Å². The van der Waals surface area contributed by atoms with Crippen LogP contribution in [-0.4, -0.2) is 42.3 Å². The Bertz CT molecular complexity index is 1120. The summed E-state index contributed by atoms with van der Waals surface area (Å²) >= 11 is 0. The number of rotatable bonds is 5. The molecule has 8 heteroatoms. The van der Waals surface area contributed by atoms with Crippen LogP contribution in [0.25, 0.3) is 11.0 Å². The van der Waals surface area contributed by atoms with Crippen LogP contribution in [0.1, 0.15) is 11.1 Å². The van der Waals surface area contributed by atoms with Gasteiger partial charge in [-0.15, -0.1) is 0 Å². The maximum Gasteiger partial charge on any atom is 0.244 e. The molecule has 7 nitrogen and oxygen atoms in total. The lowest BCUT2D eigenvalue weighted by Crippen LogP contribution is -2.22. The molecule has 27 heavy (non-hydrogen) atoms. The highest BCUT2D eigenvalue weighted by molar-refractivity contribution is 7.89. The molecule has 3 rings (SSSR count). The number of carbonyl (C=O) groups is 1. The van der Waals surface area contributed by atoms with Gasteiger partial charge in [-0.3, -0.25) is 4.79 Å². The monoisotopic (exact) mass is 386 g/mol. The minimum absolute atomic E-state index is 0.0870. The first-order valence-electron chi connectivity index (χ1n) is 8.43. The average Bonchev–Trinajstić information content (AvgIpc) is 2.97. The van der Waals surface area contributed by atoms with Gasteiger partial charge >= 0.3 is 0 Å². The maximum atomic E-state index is 12.5. The van der Waals surface area contributed by atoms with Crippen LogP contribution in [0.5, 0.6) is 0 Å². The topological polar surface area (TPSA) is 84.3 Å². The number of nitrogens with zero attached hydrogens (tertiary/aromatic N) is 3. The molecule has 0 saturated carbocycles. The van der Waals surface area contributed by atoms with Crippen LogP contribution in [0, 0.1) is 13.8 Å². The Labute approximate surface area is 158 Å².